The lowest BCUT2D eigenvalue weighted by Gasteiger charge is -2.18. The van der Waals surface area contributed by atoms with E-state index >= 15 is 0 Å². The van der Waals surface area contributed by atoms with Gasteiger partial charge >= 0.3 is 0 Å². The first-order valence-corrected chi connectivity index (χ1v) is 6.65. The zero-order valence-electron chi connectivity index (χ0n) is 11.3. The van der Waals surface area contributed by atoms with Gasteiger partial charge < -0.3 is 4.74 Å². The summed E-state index contributed by atoms with van der Waals surface area (Å²) in [6.07, 6.45) is -0.606. The highest BCUT2D eigenvalue weighted by Crippen LogP contribution is 2.30. The number of azide groups is 1. The van der Waals surface area contributed by atoms with Crippen molar-refractivity contribution in [2.45, 2.75) is 6.10 Å². The molecule has 0 spiro atoms. The summed E-state index contributed by atoms with van der Waals surface area (Å²) >= 11 is 5.73. The van der Waals surface area contributed by atoms with Gasteiger partial charge in [0.1, 0.15) is 23.7 Å². The molecule has 0 unspecified atom stereocenters. The Morgan fingerprint density at radius 3 is 2.73 bits per heavy atom. The van der Waals surface area contributed by atoms with Crippen LogP contribution in [0.2, 0.25) is 5.02 Å². The normalized spacial score (nSPS) is 11.1. The number of nitrogens with zero attached hydrogens (tertiary/aromatic N) is 4. The van der Waals surface area contributed by atoms with Crippen molar-refractivity contribution in [3.63, 3.8) is 0 Å². The molecule has 2 aromatic carbocycles. The Morgan fingerprint density at radius 1 is 1.36 bits per heavy atom. The van der Waals surface area contributed by atoms with Crippen LogP contribution in [0.15, 0.2) is 47.6 Å². The van der Waals surface area contributed by atoms with Crippen LogP contribution < -0.4 is 4.74 Å². The van der Waals surface area contributed by atoms with Crippen molar-refractivity contribution < 1.29 is 9.13 Å². The number of hydrogen-bond acceptors (Lipinski definition) is 3. The molecule has 7 heteroatoms. The minimum absolute atomic E-state index is 0.0174. The third-order valence-electron chi connectivity index (χ3n) is 2.89. The van der Waals surface area contributed by atoms with Crippen LogP contribution in [-0.4, -0.2) is 6.54 Å². The fourth-order valence-electron chi connectivity index (χ4n) is 1.86. The highest BCUT2D eigenvalue weighted by Gasteiger charge is 2.16. The summed E-state index contributed by atoms with van der Waals surface area (Å²) in [4.78, 5) is 2.71. The monoisotopic (exact) mass is 316 g/mol. The summed E-state index contributed by atoms with van der Waals surface area (Å²) in [6.45, 7) is 0.0282. The summed E-state index contributed by atoms with van der Waals surface area (Å²) < 4.78 is 19.1. The maximum atomic E-state index is 13.4. The Balaban J connectivity index is 2.37. The highest BCUT2D eigenvalue weighted by molar-refractivity contribution is 6.30. The Morgan fingerprint density at radius 2 is 2.09 bits per heavy atom. The van der Waals surface area contributed by atoms with E-state index in [0.717, 1.165) is 11.6 Å². The molecule has 0 aliphatic carbocycles. The Bertz CT molecular complexity index is 754. The molecule has 0 radical (unpaired) electrons. The zero-order chi connectivity index (χ0) is 15.9. The smallest absolute Gasteiger partial charge is 0.143 e. The van der Waals surface area contributed by atoms with Gasteiger partial charge in [-0.25, -0.2) is 4.39 Å². The average molecular weight is 317 g/mol. The molecule has 0 bridgehead atoms. The van der Waals surface area contributed by atoms with Crippen LogP contribution in [0.5, 0.6) is 5.75 Å². The minimum Gasteiger partial charge on any atom is -0.484 e. The maximum Gasteiger partial charge on any atom is 0.143 e. The molecule has 1 atom stereocenters. The topological polar surface area (TPSA) is 81.8 Å². The van der Waals surface area contributed by atoms with Crippen molar-refractivity contribution in [1.29, 1.82) is 5.26 Å². The summed E-state index contributed by atoms with van der Waals surface area (Å²) in [6, 6.07) is 13.2. The van der Waals surface area contributed by atoms with Crippen LogP contribution in [-0.2, 0) is 0 Å². The maximum absolute atomic E-state index is 13.4. The van der Waals surface area contributed by atoms with Crippen LogP contribution in [0.4, 0.5) is 4.39 Å². The Labute approximate surface area is 131 Å². The van der Waals surface area contributed by atoms with E-state index in [1.54, 1.807) is 12.1 Å². The lowest BCUT2D eigenvalue weighted by molar-refractivity contribution is 0.213. The summed E-state index contributed by atoms with van der Waals surface area (Å²) in [5, 5.41) is 12.4. The Hall–Kier alpha value is -2.74. The van der Waals surface area contributed by atoms with Gasteiger partial charge in [0.2, 0.25) is 0 Å². The number of benzene rings is 2. The molecule has 0 aromatic heterocycles. The second-order valence-electron chi connectivity index (χ2n) is 4.30. The van der Waals surface area contributed by atoms with Crippen LogP contribution in [0.3, 0.4) is 0 Å². The number of hydrogen-bond donors (Lipinski definition) is 0. The van der Waals surface area contributed by atoms with E-state index < -0.39 is 11.9 Å². The molecule has 22 heavy (non-hydrogen) atoms. The molecule has 0 aliphatic rings. The van der Waals surface area contributed by atoms with Gasteiger partial charge in [-0.3, -0.25) is 0 Å². The quantitative estimate of drug-likeness (QED) is 0.451. The van der Waals surface area contributed by atoms with E-state index in [0.29, 0.717) is 0 Å². The number of halogens is 2. The first-order chi connectivity index (χ1) is 10.7. The predicted molar refractivity (Wildman–Crippen MR) is 79.9 cm³/mol. The highest BCUT2D eigenvalue weighted by atomic mass is 35.5. The van der Waals surface area contributed by atoms with Gasteiger partial charge in [0.25, 0.3) is 0 Å². The van der Waals surface area contributed by atoms with Gasteiger partial charge in [0.15, 0.2) is 0 Å². The standard InChI is InChI=1S/C15H10ClFN4O/c16-12-7-14(11(8-18)6-13(12)17)22-15(9-20-21-19)10-4-2-1-3-5-10/h1-7,15H,9H2/t15-/m1/s1. The number of ether oxygens (including phenoxy) is 1. The first kappa shape index (κ1) is 15.6. The SMILES string of the molecule is N#Cc1cc(F)c(Cl)cc1O[C@H](CN=[N+]=[N-])c1ccccc1. The summed E-state index contributed by atoms with van der Waals surface area (Å²) in [5.41, 5.74) is 9.27. The van der Waals surface area contributed by atoms with Crippen molar-refractivity contribution in [3.8, 4) is 11.8 Å². The predicted octanol–water partition coefficient (Wildman–Crippen LogP) is 4.78. The minimum atomic E-state index is -0.697. The molecular formula is C15H10ClFN4O. The molecule has 0 heterocycles. The molecule has 0 N–H and O–H groups in total. The fraction of sp³-hybridized carbons (Fsp3) is 0.133. The Kier molecular flexibility index (Phi) is 5.21. The molecule has 0 amide bonds. The fourth-order valence-corrected chi connectivity index (χ4v) is 2.01. The lowest BCUT2D eigenvalue weighted by atomic mass is 10.1. The molecule has 2 rings (SSSR count). The van der Waals surface area contributed by atoms with Crippen LogP contribution in [0.25, 0.3) is 10.4 Å². The van der Waals surface area contributed by atoms with Crippen molar-refractivity contribution in [3.05, 3.63) is 74.9 Å². The molecule has 0 saturated heterocycles. The van der Waals surface area contributed by atoms with Gasteiger partial charge in [0.05, 0.1) is 17.1 Å². The lowest BCUT2D eigenvalue weighted by Crippen LogP contribution is -2.11. The third kappa shape index (κ3) is 3.67. The van der Waals surface area contributed by atoms with Crippen LogP contribution in [0.1, 0.15) is 17.2 Å². The molecule has 5 nitrogen and oxygen atoms in total. The van der Waals surface area contributed by atoms with E-state index in [-0.39, 0.29) is 22.9 Å². The second kappa shape index (κ2) is 7.32. The molecule has 2 aromatic rings. The number of rotatable bonds is 5. The third-order valence-corrected chi connectivity index (χ3v) is 3.18. The molecule has 0 aliphatic heterocycles. The number of nitriles is 1. The molecular weight excluding hydrogens is 307 g/mol. The van der Waals surface area contributed by atoms with Crippen molar-refractivity contribution in [2.24, 2.45) is 5.11 Å². The average Bonchev–Trinajstić information content (AvgIpc) is 2.55. The van der Waals surface area contributed by atoms with Gasteiger partial charge in [-0.1, -0.05) is 47.0 Å². The molecule has 110 valence electrons. The second-order valence-corrected chi connectivity index (χ2v) is 4.71. The van der Waals surface area contributed by atoms with Crippen LogP contribution in [0, 0.1) is 17.1 Å². The van der Waals surface area contributed by atoms with Crippen molar-refractivity contribution in [1.82, 2.24) is 0 Å². The van der Waals surface area contributed by atoms with Gasteiger partial charge in [-0.15, -0.1) is 0 Å². The largest absolute Gasteiger partial charge is 0.484 e. The summed E-state index contributed by atoms with van der Waals surface area (Å²) in [7, 11) is 0. The van der Waals surface area contributed by atoms with Gasteiger partial charge in [0, 0.05) is 11.0 Å². The van der Waals surface area contributed by atoms with E-state index in [4.69, 9.17) is 27.1 Å². The van der Waals surface area contributed by atoms with E-state index in [1.165, 1.54) is 6.07 Å². The zero-order valence-corrected chi connectivity index (χ0v) is 12.0. The van der Waals surface area contributed by atoms with Gasteiger partial charge in [-0.05, 0) is 17.2 Å². The molecule has 0 fully saturated rings. The van der Waals surface area contributed by atoms with Gasteiger partial charge in [-0.2, -0.15) is 5.26 Å². The van der Waals surface area contributed by atoms with Crippen molar-refractivity contribution in [2.75, 3.05) is 6.54 Å². The van der Waals surface area contributed by atoms with E-state index in [1.807, 2.05) is 24.3 Å². The van der Waals surface area contributed by atoms with E-state index in [2.05, 4.69) is 10.0 Å². The van der Waals surface area contributed by atoms with Crippen molar-refractivity contribution >= 4 is 11.6 Å². The first-order valence-electron chi connectivity index (χ1n) is 6.27. The van der Waals surface area contributed by atoms with E-state index in [9.17, 15) is 4.39 Å². The molecule has 0 saturated carbocycles. The summed E-state index contributed by atoms with van der Waals surface area (Å²) in [5.74, 6) is -0.562. The van der Waals surface area contributed by atoms with Crippen LogP contribution >= 0.6 is 11.6 Å².